The number of amides is 1. The van der Waals surface area contributed by atoms with Gasteiger partial charge in [0.2, 0.25) is 5.75 Å². The highest BCUT2D eigenvalue weighted by Gasteiger charge is 2.44. The fourth-order valence-electron chi connectivity index (χ4n) is 4.69. The Kier molecular flexibility index (Phi) is 6.48. The molecule has 7 heteroatoms. The Balaban J connectivity index is 0.00000256. The molecule has 2 aromatic carbocycles. The lowest BCUT2D eigenvalue weighted by Gasteiger charge is -2.36. The van der Waals surface area contributed by atoms with Crippen LogP contribution < -0.4 is 19.1 Å². The van der Waals surface area contributed by atoms with Gasteiger partial charge in [0, 0.05) is 29.8 Å². The van der Waals surface area contributed by atoms with E-state index >= 15 is 0 Å². The van der Waals surface area contributed by atoms with Crippen molar-refractivity contribution in [2.24, 2.45) is 0 Å². The highest BCUT2D eigenvalue weighted by atomic mass is 35.5. The second-order valence-electron chi connectivity index (χ2n) is 7.88. The number of carbonyl (C=O) groups excluding carboxylic acids is 1. The smallest absolute Gasteiger partial charge is 0.258 e. The van der Waals surface area contributed by atoms with Crippen LogP contribution in [-0.4, -0.2) is 58.3 Å². The topological polar surface area (TPSA) is 51.2 Å². The molecule has 162 valence electrons. The summed E-state index contributed by atoms with van der Waals surface area (Å²) in [4.78, 5) is 18.1. The van der Waals surface area contributed by atoms with Crippen LogP contribution in [-0.2, 0) is 0 Å². The number of carbonyl (C=O) groups is 1. The number of halogens is 1. The number of nitrogens with zero attached hydrogens (tertiary/aromatic N) is 2. The van der Waals surface area contributed by atoms with Crippen molar-refractivity contribution in [3.63, 3.8) is 0 Å². The molecule has 2 aliphatic heterocycles. The summed E-state index contributed by atoms with van der Waals surface area (Å²) < 4.78 is 16.3. The summed E-state index contributed by atoms with van der Waals surface area (Å²) in [7, 11) is 6.83. The summed E-state index contributed by atoms with van der Waals surface area (Å²) in [6.45, 7) is 4.04. The van der Waals surface area contributed by atoms with Crippen LogP contribution in [0, 0.1) is 6.92 Å². The fraction of sp³-hybridized carbons (Fsp3) is 0.435. The van der Waals surface area contributed by atoms with Gasteiger partial charge in [-0.1, -0.05) is 17.7 Å². The molecular formula is C23H29ClN2O4. The van der Waals surface area contributed by atoms with Crippen LogP contribution in [0.15, 0.2) is 30.3 Å². The van der Waals surface area contributed by atoms with Crippen LogP contribution in [0.3, 0.4) is 0 Å². The van der Waals surface area contributed by atoms with Gasteiger partial charge < -0.3 is 24.0 Å². The minimum Gasteiger partial charge on any atom is -0.493 e. The van der Waals surface area contributed by atoms with E-state index in [1.165, 1.54) is 11.1 Å². The zero-order valence-corrected chi connectivity index (χ0v) is 18.9. The van der Waals surface area contributed by atoms with Gasteiger partial charge in [0.15, 0.2) is 11.5 Å². The summed E-state index contributed by atoms with van der Waals surface area (Å²) in [5.74, 6) is 1.75. The molecule has 0 saturated carbocycles. The molecule has 30 heavy (non-hydrogen) atoms. The van der Waals surface area contributed by atoms with E-state index in [4.69, 9.17) is 14.2 Å². The van der Waals surface area contributed by atoms with Gasteiger partial charge in [0.25, 0.3) is 5.91 Å². The van der Waals surface area contributed by atoms with E-state index in [0.717, 1.165) is 25.2 Å². The van der Waals surface area contributed by atoms with E-state index in [1.54, 1.807) is 33.5 Å². The first-order chi connectivity index (χ1) is 14.0. The molecule has 0 aliphatic carbocycles. The predicted molar refractivity (Wildman–Crippen MR) is 120 cm³/mol. The molecule has 1 amide bonds. The molecule has 0 aromatic heterocycles. The Bertz CT molecular complexity index is 924. The van der Waals surface area contributed by atoms with E-state index in [1.807, 2.05) is 4.90 Å². The first-order valence-electron chi connectivity index (χ1n) is 9.91. The Hall–Kier alpha value is -2.44. The molecule has 1 fully saturated rings. The van der Waals surface area contributed by atoms with Gasteiger partial charge in [0.1, 0.15) is 0 Å². The normalized spacial score (nSPS) is 20.1. The molecule has 6 nitrogen and oxygen atoms in total. The van der Waals surface area contributed by atoms with Gasteiger partial charge >= 0.3 is 0 Å². The monoisotopic (exact) mass is 432 g/mol. The Labute approximate surface area is 184 Å². The zero-order valence-electron chi connectivity index (χ0n) is 18.1. The highest BCUT2D eigenvalue weighted by molar-refractivity contribution is 6.08. The van der Waals surface area contributed by atoms with Crippen LogP contribution in [0.5, 0.6) is 17.2 Å². The molecule has 0 radical (unpaired) electrons. The number of likely N-dealkylation sites (tertiary alicyclic amines) is 1. The van der Waals surface area contributed by atoms with Crippen molar-refractivity contribution < 1.29 is 19.0 Å². The molecule has 0 bridgehead atoms. The average Bonchev–Trinajstić information content (AvgIpc) is 3.04. The molecule has 2 aromatic rings. The van der Waals surface area contributed by atoms with Crippen molar-refractivity contribution in [2.45, 2.75) is 25.3 Å². The third-order valence-corrected chi connectivity index (χ3v) is 6.08. The lowest BCUT2D eigenvalue weighted by molar-refractivity contribution is 0.0964. The summed E-state index contributed by atoms with van der Waals surface area (Å²) in [5, 5.41) is 0. The molecule has 2 unspecified atom stereocenters. The van der Waals surface area contributed by atoms with E-state index < -0.39 is 0 Å². The second kappa shape index (κ2) is 8.74. The lowest BCUT2D eigenvalue weighted by atomic mass is 9.88. The van der Waals surface area contributed by atoms with Crippen molar-refractivity contribution in [1.29, 1.82) is 0 Å². The number of aryl methyl sites for hydroxylation is 1. The fourth-order valence-corrected chi connectivity index (χ4v) is 4.69. The third-order valence-electron chi connectivity index (χ3n) is 6.08. The molecule has 1 saturated heterocycles. The van der Waals surface area contributed by atoms with Crippen LogP contribution in [0.2, 0.25) is 0 Å². The van der Waals surface area contributed by atoms with E-state index in [-0.39, 0.29) is 24.4 Å². The van der Waals surface area contributed by atoms with Gasteiger partial charge in [-0.2, -0.15) is 0 Å². The van der Waals surface area contributed by atoms with E-state index in [9.17, 15) is 4.79 Å². The maximum absolute atomic E-state index is 13.7. The SMILES string of the molecule is COc1cc(C(=O)N2c3ccc(C)cc3C3CN(C)CCC32)cc(OC)c1OC.Cl. The van der Waals surface area contributed by atoms with Crippen LogP contribution >= 0.6 is 12.4 Å². The van der Waals surface area contributed by atoms with Crippen molar-refractivity contribution in [2.75, 3.05) is 46.4 Å². The predicted octanol–water partition coefficient (Wildman–Crippen LogP) is 3.89. The summed E-state index contributed by atoms with van der Waals surface area (Å²) in [5.41, 5.74) is 4.03. The first-order valence-corrected chi connectivity index (χ1v) is 9.91. The van der Waals surface area contributed by atoms with Gasteiger partial charge in [-0.05, 0) is 50.7 Å². The van der Waals surface area contributed by atoms with Crippen LogP contribution in [0.4, 0.5) is 5.69 Å². The number of anilines is 1. The molecular weight excluding hydrogens is 404 g/mol. The van der Waals surface area contributed by atoms with Crippen molar-refractivity contribution in [3.8, 4) is 17.2 Å². The minimum absolute atomic E-state index is 0. The maximum Gasteiger partial charge on any atom is 0.258 e. The summed E-state index contributed by atoms with van der Waals surface area (Å²) in [6, 6.07) is 10.0. The minimum atomic E-state index is -0.0357. The number of methoxy groups -OCH3 is 3. The van der Waals surface area contributed by atoms with Crippen molar-refractivity contribution in [1.82, 2.24) is 4.90 Å². The quantitative estimate of drug-likeness (QED) is 0.733. The lowest BCUT2D eigenvalue weighted by Crippen LogP contribution is -2.47. The standard InChI is InChI=1S/C23H28N2O4.ClH/c1-14-6-7-18-16(10-14)17-13-24(2)9-8-19(17)25(18)23(26)15-11-20(27-3)22(29-5)21(12-15)28-4;/h6-7,10-12,17,19H,8-9,13H2,1-5H3;1H. The number of benzene rings is 2. The third kappa shape index (κ3) is 3.59. The molecule has 0 N–H and O–H groups in total. The molecule has 0 spiro atoms. The first kappa shape index (κ1) is 22.2. The average molecular weight is 433 g/mol. The van der Waals surface area contributed by atoms with Crippen molar-refractivity contribution >= 4 is 24.0 Å². The Morgan fingerprint density at radius 1 is 1.03 bits per heavy atom. The zero-order chi connectivity index (χ0) is 20.7. The van der Waals surface area contributed by atoms with Crippen LogP contribution in [0.1, 0.15) is 33.8 Å². The molecule has 2 heterocycles. The molecule has 2 atom stereocenters. The Morgan fingerprint density at radius 2 is 1.70 bits per heavy atom. The number of likely N-dealkylation sites (N-methyl/N-ethyl adjacent to an activating group) is 1. The van der Waals surface area contributed by atoms with Crippen LogP contribution in [0.25, 0.3) is 0 Å². The van der Waals surface area contributed by atoms with Gasteiger partial charge in [-0.25, -0.2) is 0 Å². The number of fused-ring (bicyclic) bond motifs is 3. The molecule has 4 rings (SSSR count). The number of rotatable bonds is 4. The number of piperidine rings is 1. The van der Waals surface area contributed by atoms with E-state index in [2.05, 4.69) is 37.1 Å². The Morgan fingerprint density at radius 3 is 2.30 bits per heavy atom. The largest absolute Gasteiger partial charge is 0.493 e. The summed E-state index contributed by atoms with van der Waals surface area (Å²) in [6.07, 6.45) is 0.949. The van der Waals surface area contributed by atoms with Gasteiger partial charge in [-0.15, -0.1) is 12.4 Å². The van der Waals surface area contributed by atoms with Crippen molar-refractivity contribution in [3.05, 3.63) is 47.0 Å². The van der Waals surface area contributed by atoms with Gasteiger partial charge in [0.05, 0.1) is 21.3 Å². The number of ether oxygens (including phenoxy) is 3. The second-order valence-corrected chi connectivity index (χ2v) is 7.88. The number of hydrogen-bond acceptors (Lipinski definition) is 5. The highest BCUT2D eigenvalue weighted by Crippen LogP contribution is 2.46. The summed E-state index contributed by atoms with van der Waals surface area (Å²) >= 11 is 0. The molecule has 2 aliphatic rings. The van der Waals surface area contributed by atoms with Gasteiger partial charge in [-0.3, -0.25) is 4.79 Å². The number of hydrogen-bond donors (Lipinski definition) is 0. The maximum atomic E-state index is 13.7. The van der Waals surface area contributed by atoms with E-state index in [0.29, 0.717) is 28.7 Å².